The Hall–Kier alpha value is -2.25. The summed E-state index contributed by atoms with van der Waals surface area (Å²) in [6.07, 6.45) is 3.84. The Labute approximate surface area is 169 Å². The number of anilines is 1. The molecule has 7 nitrogen and oxygen atoms in total. The summed E-state index contributed by atoms with van der Waals surface area (Å²) < 4.78 is 23.3. The lowest BCUT2D eigenvalue weighted by atomic mass is 9.49. The minimum Gasteiger partial charge on any atom is -0.493 e. The normalized spacial score (nSPS) is 41.9. The van der Waals surface area contributed by atoms with Crippen LogP contribution in [0.25, 0.3) is 0 Å². The summed E-state index contributed by atoms with van der Waals surface area (Å²) in [6.45, 7) is 2.92. The zero-order valence-electron chi connectivity index (χ0n) is 17.2. The van der Waals surface area contributed by atoms with E-state index in [0.717, 1.165) is 30.6 Å². The number of allylic oxidation sites excluding steroid dienone is 1. The number of nitrogens with one attached hydrogen (secondary N) is 1. The highest BCUT2D eigenvalue weighted by Gasteiger charge is 2.82. The van der Waals surface area contributed by atoms with Gasteiger partial charge in [-0.1, -0.05) is 11.6 Å². The van der Waals surface area contributed by atoms with E-state index in [0.29, 0.717) is 11.5 Å². The number of benzene rings is 1. The van der Waals surface area contributed by atoms with Crippen molar-refractivity contribution in [3.8, 4) is 11.5 Å². The number of nitrogens with zero attached hydrogens (tertiary/aromatic N) is 1. The fraction of sp³-hybridized carbons (Fsp3) is 0.591. The fourth-order valence-electron chi connectivity index (χ4n) is 7.12. The summed E-state index contributed by atoms with van der Waals surface area (Å²) in [7, 11) is 4.77. The number of rotatable bonds is 3. The van der Waals surface area contributed by atoms with Crippen LogP contribution in [-0.2, 0) is 19.7 Å². The minimum absolute atomic E-state index is 0.00268. The van der Waals surface area contributed by atoms with E-state index in [2.05, 4.69) is 23.2 Å². The number of carbonyl (C=O) groups excluding carboxylic acids is 1. The lowest BCUT2D eigenvalue weighted by molar-refractivity contribution is -0.161. The standard InChI is InChI=1S/C22H26N2O5/c1-5-11-10-24-17-6-12(11)19(20(25)28-4)21-9-18(24)29-22(17,21)23-14-8-16(27-3)15(26-2)7-13(14)21/h5,7-8,12,17-19,23H,6,9-10H2,1-4H3/b11-5-/t12-,17-,18-,19?,21-,22-/m0/s1. The van der Waals surface area contributed by atoms with Gasteiger partial charge in [0.15, 0.2) is 17.2 Å². The Morgan fingerprint density at radius 2 is 2.03 bits per heavy atom. The van der Waals surface area contributed by atoms with Gasteiger partial charge >= 0.3 is 5.97 Å². The van der Waals surface area contributed by atoms with Gasteiger partial charge in [-0.15, -0.1) is 0 Å². The summed E-state index contributed by atoms with van der Waals surface area (Å²) in [5.74, 6) is 1.05. The Bertz CT molecular complexity index is 961. The zero-order valence-corrected chi connectivity index (χ0v) is 17.2. The summed E-state index contributed by atoms with van der Waals surface area (Å²) in [5, 5.41) is 3.72. The van der Waals surface area contributed by atoms with Crippen molar-refractivity contribution in [2.75, 3.05) is 33.2 Å². The molecule has 5 aliphatic rings. The molecule has 4 fully saturated rings. The summed E-state index contributed by atoms with van der Waals surface area (Å²) in [4.78, 5) is 15.8. The molecule has 1 aromatic carbocycles. The SMILES string of the molecule is C/C=C1/CN2[C@@H]3C[C@@]45c6cc(OC)c(OC)cc6N[C@]4(O3)[C@@H]2C[C@@H]1C5C(=O)OC. The van der Waals surface area contributed by atoms with Crippen LogP contribution in [0.1, 0.15) is 25.3 Å². The van der Waals surface area contributed by atoms with Crippen molar-refractivity contribution in [3.63, 3.8) is 0 Å². The van der Waals surface area contributed by atoms with E-state index in [1.165, 1.54) is 12.7 Å². The van der Waals surface area contributed by atoms with E-state index in [-0.39, 0.29) is 30.1 Å². The molecular formula is C22H26N2O5. The predicted octanol–water partition coefficient (Wildman–Crippen LogP) is 2.26. The van der Waals surface area contributed by atoms with Gasteiger partial charge in [0.1, 0.15) is 6.23 Å². The summed E-state index contributed by atoms with van der Waals surface area (Å²) in [6, 6.07) is 4.24. The number of esters is 1. The molecule has 0 radical (unpaired) electrons. The third kappa shape index (κ3) is 1.73. The third-order valence-electron chi connectivity index (χ3n) is 8.12. The van der Waals surface area contributed by atoms with Gasteiger partial charge in [-0.3, -0.25) is 9.69 Å². The molecule has 4 heterocycles. The van der Waals surface area contributed by atoms with Crippen LogP contribution < -0.4 is 14.8 Å². The Morgan fingerprint density at radius 3 is 2.72 bits per heavy atom. The van der Waals surface area contributed by atoms with E-state index in [9.17, 15) is 4.79 Å². The lowest BCUT2D eigenvalue weighted by Gasteiger charge is -2.60. The predicted molar refractivity (Wildman–Crippen MR) is 105 cm³/mol. The first-order chi connectivity index (χ1) is 14.0. The number of ether oxygens (including phenoxy) is 4. The van der Waals surface area contributed by atoms with Crippen LogP contribution in [0.3, 0.4) is 0 Å². The van der Waals surface area contributed by atoms with Gasteiger partial charge in [-0.25, -0.2) is 0 Å². The average molecular weight is 398 g/mol. The molecule has 6 atom stereocenters. The van der Waals surface area contributed by atoms with Gasteiger partial charge < -0.3 is 24.3 Å². The van der Waals surface area contributed by atoms with E-state index >= 15 is 0 Å². The first kappa shape index (κ1) is 17.6. The van der Waals surface area contributed by atoms with E-state index in [1.807, 2.05) is 12.1 Å². The molecular weight excluding hydrogens is 372 g/mol. The summed E-state index contributed by atoms with van der Waals surface area (Å²) >= 11 is 0. The largest absolute Gasteiger partial charge is 0.493 e. The van der Waals surface area contributed by atoms with E-state index < -0.39 is 11.1 Å². The highest BCUT2D eigenvalue weighted by molar-refractivity contribution is 5.82. The van der Waals surface area contributed by atoms with Crippen molar-refractivity contribution in [1.29, 1.82) is 0 Å². The van der Waals surface area contributed by atoms with Crippen LogP contribution in [0, 0.1) is 11.8 Å². The highest BCUT2D eigenvalue weighted by Crippen LogP contribution is 2.72. The molecule has 0 amide bonds. The molecule has 4 bridgehead atoms. The van der Waals surface area contributed by atoms with Crippen LogP contribution in [-0.4, -0.2) is 56.7 Å². The summed E-state index contributed by atoms with van der Waals surface area (Å²) in [5.41, 5.74) is 2.25. The maximum Gasteiger partial charge on any atom is 0.310 e. The maximum atomic E-state index is 13.3. The van der Waals surface area contributed by atoms with Crippen molar-refractivity contribution >= 4 is 11.7 Å². The minimum atomic E-state index is -0.619. The van der Waals surface area contributed by atoms with Crippen molar-refractivity contribution in [2.45, 2.75) is 43.2 Å². The first-order valence-electron chi connectivity index (χ1n) is 10.3. The third-order valence-corrected chi connectivity index (χ3v) is 8.12. The quantitative estimate of drug-likeness (QED) is 0.619. The van der Waals surface area contributed by atoms with Crippen LogP contribution in [0.5, 0.6) is 11.5 Å². The molecule has 6 rings (SSSR count). The van der Waals surface area contributed by atoms with E-state index in [1.54, 1.807) is 14.2 Å². The van der Waals surface area contributed by atoms with Crippen molar-refractivity contribution < 1.29 is 23.7 Å². The van der Waals surface area contributed by atoms with Crippen molar-refractivity contribution in [1.82, 2.24) is 4.90 Å². The molecule has 0 aromatic heterocycles. The molecule has 1 N–H and O–H groups in total. The Balaban J connectivity index is 1.64. The second kappa shape index (κ2) is 5.46. The smallest absolute Gasteiger partial charge is 0.310 e. The second-order valence-corrected chi connectivity index (χ2v) is 8.76. The molecule has 154 valence electrons. The molecule has 1 saturated carbocycles. The Morgan fingerprint density at radius 1 is 1.28 bits per heavy atom. The van der Waals surface area contributed by atoms with Crippen molar-refractivity contribution in [2.24, 2.45) is 11.8 Å². The lowest BCUT2D eigenvalue weighted by Crippen LogP contribution is -2.73. The number of methoxy groups -OCH3 is 3. The molecule has 29 heavy (non-hydrogen) atoms. The number of fused-ring (bicyclic) bond motifs is 4. The maximum absolute atomic E-state index is 13.3. The topological polar surface area (TPSA) is 69.3 Å². The molecule has 1 aliphatic carbocycles. The number of hydrogen-bond donors (Lipinski definition) is 1. The molecule has 1 unspecified atom stereocenters. The van der Waals surface area contributed by atoms with Crippen LogP contribution in [0.4, 0.5) is 5.69 Å². The second-order valence-electron chi connectivity index (χ2n) is 8.76. The molecule has 1 spiro atoms. The molecule has 3 saturated heterocycles. The van der Waals surface area contributed by atoms with Gasteiger partial charge in [0.2, 0.25) is 0 Å². The van der Waals surface area contributed by atoms with Crippen molar-refractivity contribution in [3.05, 3.63) is 29.3 Å². The monoisotopic (exact) mass is 398 g/mol. The zero-order chi connectivity index (χ0) is 20.1. The van der Waals surface area contributed by atoms with Gasteiger partial charge in [0.25, 0.3) is 0 Å². The highest BCUT2D eigenvalue weighted by atomic mass is 16.6. The number of hydrogen-bond acceptors (Lipinski definition) is 7. The molecule has 1 aromatic rings. The van der Waals surface area contributed by atoms with Crippen LogP contribution >= 0.6 is 0 Å². The Kier molecular flexibility index (Phi) is 3.31. The van der Waals surface area contributed by atoms with Crippen LogP contribution in [0.2, 0.25) is 0 Å². The first-order valence-corrected chi connectivity index (χ1v) is 10.3. The van der Waals surface area contributed by atoms with Crippen LogP contribution in [0.15, 0.2) is 23.8 Å². The van der Waals surface area contributed by atoms with E-state index in [4.69, 9.17) is 18.9 Å². The number of piperidine rings is 2. The fourth-order valence-corrected chi connectivity index (χ4v) is 7.12. The molecule has 7 heteroatoms. The van der Waals surface area contributed by atoms with Gasteiger partial charge in [0, 0.05) is 24.7 Å². The number of carbonyl (C=O) groups is 1. The van der Waals surface area contributed by atoms with Gasteiger partial charge in [-0.2, -0.15) is 0 Å². The molecule has 4 aliphatic heterocycles. The average Bonchev–Trinajstić information content (AvgIpc) is 3.33. The van der Waals surface area contributed by atoms with Gasteiger partial charge in [-0.05, 0) is 30.9 Å². The van der Waals surface area contributed by atoms with Gasteiger partial charge in [0.05, 0.1) is 38.7 Å².